The Hall–Kier alpha value is -0.0800. The molecule has 0 aromatic carbocycles. The van der Waals surface area contributed by atoms with Gasteiger partial charge in [0.15, 0.2) is 0 Å². The number of nitrogens with zero attached hydrogens (tertiary/aromatic N) is 1. The Balaban J connectivity index is 1.60. The molecule has 3 rings (SSSR count). The van der Waals surface area contributed by atoms with Crippen molar-refractivity contribution in [3.05, 3.63) is 0 Å². The average Bonchev–Trinajstić information content (AvgIpc) is 2.83. The number of hydrogen-bond donors (Lipinski definition) is 1. The van der Waals surface area contributed by atoms with Crippen molar-refractivity contribution in [3.63, 3.8) is 0 Å². The molecule has 2 nitrogen and oxygen atoms in total. The van der Waals surface area contributed by atoms with Gasteiger partial charge in [-0.3, -0.25) is 4.90 Å². The van der Waals surface area contributed by atoms with Gasteiger partial charge in [0.25, 0.3) is 0 Å². The zero-order valence-electron chi connectivity index (χ0n) is 14.5. The van der Waals surface area contributed by atoms with Crippen molar-refractivity contribution >= 4 is 0 Å². The van der Waals surface area contributed by atoms with Gasteiger partial charge in [-0.05, 0) is 68.2 Å². The maximum atomic E-state index is 6.50. The van der Waals surface area contributed by atoms with Crippen molar-refractivity contribution in [2.45, 2.75) is 84.2 Å². The number of nitrogens with two attached hydrogens (primary N) is 1. The standard InChI is InChI=1S/C19H36N2/c1-19(2,3)16-8-9-17(20)15(12-16)13-21-11-10-14-6-4-5-7-18(14)21/h14-18H,4-13,20H2,1-3H3. The van der Waals surface area contributed by atoms with Gasteiger partial charge in [0.05, 0.1) is 0 Å². The Morgan fingerprint density at radius 2 is 1.76 bits per heavy atom. The zero-order valence-corrected chi connectivity index (χ0v) is 14.5. The van der Waals surface area contributed by atoms with E-state index in [4.69, 9.17) is 5.73 Å². The third-order valence-electron chi connectivity index (χ3n) is 6.86. The first-order valence-electron chi connectivity index (χ1n) is 9.45. The van der Waals surface area contributed by atoms with Crippen molar-refractivity contribution in [3.8, 4) is 0 Å². The summed E-state index contributed by atoms with van der Waals surface area (Å²) in [7, 11) is 0. The fourth-order valence-corrected chi connectivity index (χ4v) is 5.31. The normalized spacial score (nSPS) is 42.0. The first-order chi connectivity index (χ1) is 9.95. The second-order valence-electron chi connectivity index (χ2n) is 9.20. The maximum absolute atomic E-state index is 6.50. The molecule has 0 bridgehead atoms. The van der Waals surface area contributed by atoms with Gasteiger partial charge in [-0.2, -0.15) is 0 Å². The lowest BCUT2D eigenvalue weighted by molar-refractivity contribution is 0.0850. The van der Waals surface area contributed by atoms with Gasteiger partial charge < -0.3 is 5.73 Å². The minimum atomic E-state index is 0.450. The number of fused-ring (bicyclic) bond motifs is 1. The van der Waals surface area contributed by atoms with E-state index in [0.29, 0.717) is 11.5 Å². The highest BCUT2D eigenvalue weighted by molar-refractivity contribution is 4.94. The van der Waals surface area contributed by atoms with E-state index < -0.39 is 0 Å². The van der Waals surface area contributed by atoms with E-state index in [1.165, 1.54) is 64.5 Å². The van der Waals surface area contributed by atoms with Crippen LogP contribution in [0.1, 0.15) is 72.1 Å². The summed E-state index contributed by atoms with van der Waals surface area (Å²) in [6, 6.07) is 1.35. The molecule has 2 aliphatic carbocycles. The van der Waals surface area contributed by atoms with Gasteiger partial charge in [-0.15, -0.1) is 0 Å². The number of hydrogen-bond acceptors (Lipinski definition) is 2. The van der Waals surface area contributed by atoms with Gasteiger partial charge in [0, 0.05) is 18.6 Å². The third kappa shape index (κ3) is 3.47. The van der Waals surface area contributed by atoms with Crippen molar-refractivity contribution in [1.82, 2.24) is 4.90 Å². The van der Waals surface area contributed by atoms with Crippen LogP contribution < -0.4 is 5.73 Å². The van der Waals surface area contributed by atoms with Crippen LogP contribution >= 0.6 is 0 Å². The van der Waals surface area contributed by atoms with E-state index in [-0.39, 0.29) is 0 Å². The van der Waals surface area contributed by atoms with Gasteiger partial charge in [0.2, 0.25) is 0 Å². The van der Waals surface area contributed by atoms with Crippen LogP contribution in [0.25, 0.3) is 0 Å². The minimum Gasteiger partial charge on any atom is -0.327 e. The van der Waals surface area contributed by atoms with Crippen molar-refractivity contribution in [1.29, 1.82) is 0 Å². The van der Waals surface area contributed by atoms with E-state index in [2.05, 4.69) is 25.7 Å². The van der Waals surface area contributed by atoms with E-state index in [9.17, 15) is 0 Å². The van der Waals surface area contributed by atoms with Crippen LogP contribution in [0.15, 0.2) is 0 Å². The summed E-state index contributed by atoms with van der Waals surface area (Å²) in [6.45, 7) is 9.88. The zero-order chi connectivity index (χ0) is 15.0. The SMILES string of the molecule is CC(C)(C)C1CCC(N)C(CN2CCC3CCCCC32)C1. The molecule has 21 heavy (non-hydrogen) atoms. The van der Waals surface area contributed by atoms with E-state index >= 15 is 0 Å². The highest BCUT2D eigenvalue weighted by atomic mass is 15.2. The Labute approximate surface area is 131 Å². The summed E-state index contributed by atoms with van der Waals surface area (Å²) < 4.78 is 0. The molecule has 0 amide bonds. The molecule has 5 atom stereocenters. The Morgan fingerprint density at radius 3 is 2.52 bits per heavy atom. The molecule has 2 saturated carbocycles. The molecular formula is C19H36N2. The molecule has 1 saturated heterocycles. The predicted octanol–water partition coefficient (Wildman–Crippen LogP) is 4.04. The Kier molecular flexibility index (Phi) is 4.66. The van der Waals surface area contributed by atoms with Crippen molar-refractivity contribution in [2.75, 3.05) is 13.1 Å². The first-order valence-corrected chi connectivity index (χ1v) is 9.45. The summed E-state index contributed by atoms with van der Waals surface area (Å²) in [5.41, 5.74) is 6.96. The second-order valence-corrected chi connectivity index (χ2v) is 9.20. The first kappa shape index (κ1) is 15.8. The van der Waals surface area contributed by atoms with Crippen molar-refractivity contribution in [2.24, 2.45) is 28.9 Å². The molecule has 0 spiro atoms. The highest BCUT2D eigenvalue weighted by Crippen LogP contribution is 2.42. The molecule has 1 aliphatic heterocycles. The maximum Gasteiger partial charge on any atom is 0.0124 e. The molecule has 2 heteroatoms. The number of rotatable bonds is 2. The Morgan fingerprint density at radius 1 is 1.00 bits per heavy atom. The summed E-state index contributed by atoms with van der Waals surface area (Å²) in [6.07, 6.45) is 11.3. The van der Waals surface area contributed by atoms with Gasteiger partial charge in [-0.25, -0.2) is 0 Å². The van der Waals surface area contributed by atoms with Crippen LogP contribution in [0, 0.1) is 23.2 Å². The summed E-state index contributed by atoms with van der Waals surface area (Å²) in [5, 5.41) is 0. The summed E-state index contributed by atoms with van der Waals surface area (Å²) >= 11 is 0. The van der Waals surface area contributed by atoms with Crippen LogP contribution in [-0.2, 0) is 0 Å². The smallest absolute Gasteiger partial charge is 0.0124 e. The fourth-order valence-electron chi connectivity index (χ4n) is 5.31. The van der Waals surface area contributed by atoms with E-state index in [1.54, 1.807) is 0 Å². The molecule has 3 fully saturated rings. The van der Waals surface area contributed by atoms with E-state index in [1.807, 2.05) is 0 Å². The average molecular weight is 293 g/mol. The van der Waals surface area contributed by atoms with Gasteiger partial charge >= 0.3 is 0 Å². The third-order valence-corrected chi connectivity index (χ3v) is 6.86. The summed E-state index contributed by atoms with van der Waals surface area (Å²) in [5.74, 6) is 2.62. The molecule has 5 unspecified atom stereocenters. The molecule has 3 aliphatic rings. The molecular weight excluding hydrogens is 256 g/mol. The topological polar surface area (TPSA) is 29.3 Å². The lowest BCUT2D eigenvalue weighted by Crippen LogP contribution is -2.47. The highest BCUT2D eigenvalue weighted by Gasteiger charge is 2.40. The molecule has 0 aromatic heterocycles. The fraction of sp³-hybridized carbons (Fsp3) is 1.00. The van der Waals surface area contributed by atoms with Crippen LogP contribution in [0.2, 0.25) is 0 Å². The van der Waals surface area contributed by atoms with Crippen LogP contribution in [0.4, 0.5) is 0 Å². The second kappa shape index (κ2) is 6.20. The van der Waals surface area contributed by atoms with Crippen LogP contribution in [-0.4, -0.2) is 30.1 Å². The molecule has 0 radical (unpaired) electrons. The lowest BCUT2D eigenvalue weighted by Gasteiger charge is -2.43. The number of likely N-dealkylation sites (tertiary alicyclic amines) is 1. The van der Waals surface area contributed by atoms with Crippen LogP contribution in [0.5, 0.6) is 0 Å². The molecule has 1 heterocycles. The largest absolute Gasteiger partial charge is 0.327 e. The Bertz CT molecular complexity index is 346. The van der Waals surface area contributed by atoms with Gasteiger partial charge in [0.1, 0.15) is 0 Å². The quantitative estimate of drug-likeness (QED) is 0.832. The molecule has 0 aromatic rings. The summed E-state index contributed by atoms with van der Waals surface area (Å²) in [4.78, 5) is 2.83. The lowest BCUT2D eigenvalue weighted by atomic mass is 9.67. The molecule has 122 valence electrons. The van der Waals surface area contributed by atoms with Crippen molar-refractivity contribution < 1.29 is 0 Å². The predicted molar refractivity (Wildman–Crippen MR) is 90.2 cm³/mol. The minimum absolute atomic E-state index is 0.450. The van der Waals surface area contributed by atoms with E-state index in [0.717, 1.165) is 23.8 Å². The van der Waals surface area contributed by atoms with Gasteiger partial charge in [-0.1, -0.05) is 33.6 Å². The monoisotopic (exact) mass is 292 g/mol. The van der Waals surface area contributed by atoms with Crippen LogP contribution in [0.3, 0.4) is 0 Å². The molecule has 2 N–H and O–H groups in total.